The summed E-state index contributed by atoms with van der Waals surface area (Å²) in [7, 11) is 3.03. The van der Waals surface area contributed by atoms with Gasteiger partial charge in [0, 0.05) is 12.1 Å². The lowest BCUT2D eigenvalue weighted by atomic mass is 10.1. The SMILES string of the molecule is COc1ccc(C(O)CNC(=O)CNC(=O)c2ccccc2)cc1OC. The van der Waals surface area contributed by atoms with E-state index in [0.717, 1.165) is 0 Å². The van der Waals surface area contributed by atoms with Gasteiger partial charge in [-0.1, -0.05) is 24.3 Å². The number of amides is 2. The highest BCUT2D eigenvalue weighted by Crippen LogP contribution is 2.29. The summed E-state index contributed by atoms with van der Waals surface area (Å²) in [5.41, 5.74) is 1.06. The summed E-state index contributed by atoms with van der Waals surface area (Å²) in [4.78, 5) is 23.7. The molecule has 0 fully saturated rings. The van der Waals surface area contributed by atoms with Gasteiger partial charge in [-0.2, -0.15) is 0 Å². The maximum atomic E-state index is 11.9. The predicted octanol–water partition coefficient (Wildman–Crippen LogP) is 1.28. The highest BCUT2D eigenvalue weighted by molar-refractivity contribution is 5.96. The van der Waals surface area contributed by atoms with E-state index in [9.17, 15) is 14.7 Å². The minimum Gasteiger partial charge on any atom is -0.493 e. The lowest BCUT2D eigenvalue weighted by Gasteiger charge is -2.15. The monoisotopic (exact) mass is 358 g/mol. The first kappa shape index (κ1) is 19.3. The summed E-state index contributed by atoms with van der Waals surface area (Å²) in [6.45, 7) is -0.165. The number of methoxy groups -OCH3 is 2. The van der Waals surface area contributed by atoms with Crippen LogP contribution in [0.25, 0.3) is 0 Å². The van der Waals surface area contributed by atoms with Gasteiger partial charge in [-0.25, -0.2) is 0 Å². The molecule has 26 heavy (non-hydrogen) atoms. The van der Waals surface area contributed by atoms with Crippen LogP contribution >= 0.6 is 0 Å². The van der Waals surface area contributed by atoms with Crippen molar-refractivity contribution in [3.8, 4) is 11.5 Å². The Kier molecular flexibility index (Phi) is 6.99. The summed E-state index contributed by atoms with van der Waals surface area (Å²) >= 11 is 0. The van der Waals surface area contributed by atoms with E-state index in [1.54, 1.807) is 48.5 Å². The van der Waals surface area contributed by atoms with E-state index >= 15 is 0 Å². The molecule has 0 aliphatic rings. The van der Waals surface area contributed by atoms with Crippen molar-refractivity contribution in [2.75, 3.05) is 27.3 Å². The van der Waals surface area contributed by atoms with Crippen molar-refractivity contribution >= 4 is 11.8 Å². The molecule has 2 aromatic carbocycles. The Bertz CT molecular complexity index is 749. The van der Waals surface area contributed by atoms with Gasteiger partial charge >= 0.3 is 0 Å². The highest BCUT2D eigenvalue weighted by Gasteiger charge is 2.13. The maximum Gasteiger partial charge on any atom is 0.251 e. The fraction of sp³-hybridized carbons (Fsp3) is 0.263. The summed E-state index contributed by atoms with van der Waals surface area (Å²) in [5.74, 6) is 0.316. The standard InChI is InChI=1S/C19H22N2O5/c1-25-16-9-8-14(10-17(16)26-2)15(22)11-20-18(23)12-21-19(24)13-6-4-3-5-7-13/h3-10,15,22H,11-12H2,1-2H3,(H,20,23)(H,21,24). The summed E-state index contributed by atoms with van der Waals surface area (Å²) in [5, 5.41) is 15.3. The zero-order valence-electron chi connectivity index (χ0n) is 14.7. The minimum absolute atomic E-state index is 0.00945. The quantitative estimate of drug-likeness (QED) is 0.661. The largest absolute Gasteiger partial charge is 0.493 e. The van der Waals surface area contributed by atoms with Crippen LogP contribution in [0.2, 0.25) is 0 Å². The topological polar surface area (TPSA) is 96.9 Å². The molecule has 0 aliphatic heterocycles. The van der Waals surface area contributed by atoms with Crippen LogP contribution in [-0.4, -0.2) is 44.2 Å². The second-order valence-corrected chi connectivity index (χ2v) is 5.48. The Hall–Kier alpha value is -3.06. The third-order valence-electron chi connectivity index (χ3n) is 3.73. The number of ether oxygens (including phenoxy) is 2. The maximum absolute atomic E-state index is 11.9. The van der Waals surface area contributed by atoms with Crippen LogP contribution in [0.1, 0.15) is 22.0 Å². The first-order valence-electron chi connectivity index (χ1n) is 8.05. The number of nitrogens with one attached hydrogen (secondary N) is 2. The van der Waals surface area contributed by atoms with E-state index in [-0.39, 0.29) is 19.0 Å². The molecule has 1 atom stereocenters. The second kappa shape index (κ2) is 9.43. The van der Waals surface area contributed by atoms with Gasteiger partial charge in [-0.05, 0) is 29.8 Å². The van der Waals surface area contributed by atoms with Crippen molar-refractivity contribution in [3.63, 3.8) is 0 Å². The normalized spacial score (nSPS) is 11.3. The van der Waals surface area contributed by atoms with Crippen LogP contribution in [0.5, 0.6) is 11.5 Å². The molecule has 7 heteroatoms. The van der Waals surface area contributed by atoms with Crippen molar-refractivity contribution in [1.82, 2.24) is 10.6 Å². The first-order valence-corrected chi connectivity index (χ1v) is 8.05. The van der Waals surface area contributed by atoms with Gasteiger partial charge in [0.15, 0.2) is 11.5 Å². The Morgan fingerprint density at radius 3 is 2.35 bits per heavy atom. The molecule has 0 aliphatic carbocycles. The summed E-state index contributed by atoms with van der Waals surface area (Å²) in [6.07, 6.45) is -0.913. The predicted molar refractivity (Wildman–Crippen MR) is 96.3 cm³/mol. The molecular formula is C19H22N2O5. The van der Waals surface area contributed by atoms with Crippen LogP contribution in [0.3, 0.4) is 0 Å². The number of hydrogen-bond donors (Lipinski definition) is 3. The molecule has 0 bridgehead atoms. The van der Waals surface area contributed by atoms with Gasteiger partial charge in [0.1, 0.15) is 0 Å². The second-order valence-electron chi connectivity index (χ2n) is 5.48. The number of carbonyl (C=O) groups is 2. The van der Waals surface area contributed by atoms with Gasteiger partial charge in [0.05, 0.1) is 26.9 Å². The van der Waals surface area contributed by atoms with E-state index in [4.69, 9.17) is 9.47 Å². The molecule has 2 amide bonds. The third kappa shape index (κ3) is 5.22. The Morgan fingerprint density at radius 2 is 1.69 bits per heavy atom. The number of hydrogen-bond acceptors (Lipinski definition) is 5. The molecule has 0 saturated heterocycles. The molecule has 138 valence electrons. The molecule has 1 unspecified atom stereocenters. The number of aliphatic hydroxyl groups excluding tert-OH is 1. The summed E-state index contributed by atoms with van der Waals surface area (Å²) in [6, 6.07) is 13.6. The van der Waals surface area contributed by atoms with Crippen molar-refractivity contribution in [2.24, 2.45) is 0 Å². The number of aliphatic hydroxyl groups is 1. The molecular weight excluding hydrogens is 336 g/mol. The van der Waals surface area contributed by atoms with E-state index in [1.165, 1.54) is 14.2 Å². The minimum atomic E-state index is -0.913. The lowest BCUT2D eigenvalue weighted by molar-refractivity contribution is -0.120. The van der Waals surface area contributed by atoms with E-state index in [2.05, 4.69) is 10.6 Å². The van der Waals surface area contributed by atoms with Crippen molar-refractivity contribution in [2.45, 2.75) is 6.10 Å². The lowest BCUT2D eigenvalue weighted by Crippen LogP contribution is -2.38. The van der Waals surface area contributed by atoms with Crippen LogP contribution in [0, 0.1) is 0 Å². The summed E-state index contributed by atoms with van der Waals surface area (Å²) < 4.78 is 10.3. The Balaban J connectivity index is 1.82. The van der Waals surface area contributed by atoms with E-state index in [1.807, 2.05) is 0 Å². The highest BCUT2D eigenvalue weighted by atomic mass is 16.5. The fourth-order valence-corrected chi connectivity index (χ4v) is 2.30. The van der Waals surface area contributed by atoms with Gasteiger partial charge in [-0.15, -0.1) is 0 Å². The number of carbonyl (C=O) groups excluding carboxylic acids is 2. The van der Waals surface area contributed by atoms with Gasteiger partial charge < -0.3 is 25.2 Å². The van der Waals surface area contributed by atoms with Crippen LogP contribution in [0.15, 0.2) is 48.5 Å². The molecule has 7 nitrogen and oxygen atoms in total. The smallest absolute Gasteiger partial charge is 0.251 e. The third-order valence-corrected chi connectivity index (χ3v) is 3.73. The van der Waals surface area contributed by atoms with Gasteiger partial charge in [0.2, 0.25) is 5.91 Å². The molecule has 3 N–H and O–H groups in total. The molecule has 2 aromatic rings. The number of rotatable bonds is 8. The van der Waals surface area contributed by atoms with E-state index < -0.39 is 12.0 Å². The van der Waals surface area contributed by atoms with Crippen molar-refractivity contribution in [1.29, 1.82) is 0 Å². The fourth-order valence-electron chi connectivity index (χ4n) is 2.30. The van der Waals surface area contributed by atoms with Crippen molar-refractivity contribution < 1.29 is 24.2 Å². The molecule has 0 radical (unpaired) electrons. The average molecular weight is 358 g/mol. The van der Waals surface area contributed by atoms with Crippen LogP contribution in [-0.2, 0) is 4.79 Å². The zero-order chi connectivity index (χ0) is 18.9. The number of benzene rings is 2. The van der Waals surface area contributed by atoms with Crippen LogP contribution < -0.4 is 20.1 Å². The average Bonchev–Trinajstić information content (AvgIpc) is 2.70. The molecule has 0 saturated carbocycles. The van der Waals surface area contributed by atoms with Gasteiger partial charge in [0.25, 0.3) is 5.91 Å². The first-order chi connectivity index (χ1) is 12.5. The molecule has 0 spiro atoms. The Morgan fingerprint density at radius 1 is 1.00 bits per heavy atom. The molecule has 2 rings (SSSR count). The molecule has 0 aromatic heterocycles. The van der Waals surface area contributed by atoms with Crippen molar-refractivity contribution in [3.05, 3.63) is 59.7 Å². The van der Waals surface area contributed by atoms with Crippen LogP contribution in [0.4, 0.5) is 0 Å². The van der Waals surface area contributed by atoms with Gasteiger partial charge in [-0.3, -0.25) is 9.59 Å². The Labute approximate surface area is 151 Å². The van der Waals surface area contributed by atoms with E-state index in [0.29, 0.717) is 22.6 Å². The molecule has 0 heterocycles. The zero-order valence-corrected chi connectivity index (χ0v) is 14.7.